The minimum Gasteiger partial charge on any atom is -0.322 e. The fourth-order valence-corrected chi connectivity index (χ4v) is 5.37. The van der Waals surface area contributed by atoms with Gasteiger partial charge in [0.05, 0.1) is 5.56 Å². The third kappa shape index (κ3) is 3.71. The molecule has 1 aliphatic heterocycles. The molecule has 1 heterocycles. The van der Waals surface area contributed by atoms with Crippen molar-refractivity contribution in [1.29, 1.82) is 0 Å². The lowest BCUT2D eigenvalue weighted by molar-refractivity contribution is 0.0875. The molecule has 31 heavy (non-hydrogen) atoms. The SMILES string of the molecule is CCN1C(=O)c2ccc(C(=O)Nc3ccc(-c4cccc(Cl)c4)cc3C)cc2S1(=O)=O. The van der Waals surface area contributed by atoms with E-state index in [-0.39, 0.29) is 22.6 Å². The molecule has 2 amide bonds. The van der Waals surface area contributed by atoms with Gasteiger partial charge in [-0.3, -0.25) is 9.59 Å². The van der Waals surface area contributed by atoms with Crippen LogP contribution in [0.15, 0.2) is 65.6 Å². The summed E-state index contributed by atoms with van der Waals surface area (Å²) in [6.45, 7) is 3.49. The first-order valence-corrected chi connectivity index (χ1v) is 11.4. The lowest BCUT2D eigenvalue weighted by atomic mass is 10.0. The van der Waals surface area contributed by atoms with Crippen LogP contribution in [0.4, 0.5) is 5.69 Å². The van der Waals surface area contributed by atoms with Crippen LogP contribution in [0.3, 0.4) is 0 Å². The third-order valence-corrected chi connectivity index (χ3v) is 7.32. The van der Waals surface area contributed by atoms with Gasteiger partial charge in [0.2, 0.25) is 0 Å². The molecule has 0 aromatic heterocycles. The number of nitrogens with zero attached hydrogens (tertiary/aromatic N) is 1. The summed E-state index contributed by atoms with van der Waals surface area (Å²) in [5.74, 6) is -1.03. The first kappa shape index (κ1) is 21.1. The maximum atomic E-state index is 12.8. The number of fused-ring (bicyclic) bond motifs is 1. The molecule has 0 radical (unpaired) electrons. The van der Waals surface area contributed by atoms with Crippen molar-refractivity contribution in [1.82, 2.24) is 4.31 Å². The van der Waals surface area contributed by atoms with Gasteiger partial charge < -0.3 is 5.32 Å². The van der Waals surface area contributed by atoms with E-state index in [9.17, 15) is 18.0 Å². The number of hydrogen-bond donors (Lipinski definition) is 1. The number of benzene rings is 3. The smallest absolute Gasteiger partial charge is 0.268 e. The summed E-state index contributed by atoms with van der Waals surface area (Å²) in [5, 5.41) is 3.45. The van der Waals surface area contributed by atoms with Crippen LogP contribution in [0.2, 0.25) is 5.02 Å². The molecule has 6 nitrogen and oxygen atoms in total. The molecule has 4 rings (SSSR count). The number of sulfonamides is 1. The zero-order valence-electron chi connectivity index (χ0n) is 16.8. The van der Waals surface area contributed by atoms with E-state index in [1.54, 1.807) is 19.1 Å². The Balaban J connectivity index is 1.61. The second-order valence-corrected chi connectivity index (χ2v) is 9.45. The predicted molar refractivity (Wildman–Crippen MR) is 120 cm³/mol. The average molecular weight is 455 g/mol. The zero-order chi connectivity index (χ0) is 22.3. The van der Waals surface area contributed by atoms with Crippen molar-refractivity contribution in [2.75, 3.05) is 11.9 Å². The first-order chi connectivity index (χ1) is 14.7. The average Bonchev–Trinajstić information content (AvgIpc) is 2.94. The van der Waals surface area contributed by atoms with Gasteiger partial charge in [0.1, 0.15) is 4.90 Å². The Hall–Kier alpha value is -3.16. The summed E-state index contributed by atoms with van der Waals surface area (Å²) in [6.07, 6.45) is 0. The van der Waals surface area contributed by atoms with Crippen molar-refractivity contribution >= 4 is 39.1 Å². The molecule has 8 heteroatoms. The van der Waals surface area contributed by atoms with Crippen molar-refractivity contribution in [3.05, 3.63) is 82.4 Å². The van der Waals surface area contributed by atoms with Gasteiger partial charge in [0.25, 0.3) is 21.8 Å². The van der Waals surface area contributed by atoms with Crippen LogP contribution in [-0.4, -0.2) is 31.1 Å². The number of aryl methyl sites for hydroxylation is 1. The van der Waals surface area contributed by atoms with Gasteiger partial charge in [-0.05, 0) is 73.0 Å². The van der Waals surface area contributed by atoms with E-state index in [1.165, 1.54) is 18.2 Å². The van der Waals surface area contributed by atoms with Crippen LogP contribution in [0.1, 0.15) is 33.2 Å². The van der Waals surface area contributed by atoms with Gasteiger partial charge in [-0.1, -0.05) is 29.8 Å². The van der Waals surface area contributed by atoms with Gasteiger partial charge >= 0.3 is 0 Å². The molecule has 0 unspecified atom stereocenters. The van der Waals surface area contributed by atoms with Crippen molar-refractivity contribution < 1.29 is 18.0 Å². The summed E-state index contributed by atoms with van der Waals surface area (Å²) in [6, 6.07) is 17.2. The van der Waals surface area contributed by atoms with Crippen LogP contribution >= 0.6 is 11.6 Å². The molecule has 158 valence electrons. The molecule has 0 bridgehead atoms. The summed E-state index contributed by atoms with van der Waals surface area (Å²) < 4.78 is 25.9. The van der Waals surface area contributed by atoms with Gasteiger partial charge in [0, 0.05) is 22.8 Å². The van der Waals surface area contributed by atoms with E-state index >= 15 is 0 Å². The van der Waals surface area contributed by atoms with Crippen molar-refractivity contribution in [3.8, 4) is 11.1 Å². The van der Waals surface area contributed by atoms with E-state index in [0.717, 1.165) is 21.0 Å². The number of carbonyl (C=O) groups is 2. The lowest BCUT2D eigenvalue weighted by Gasteiger charge is -2.12. The highest BCUT2D eigenvalue weighted by Crippen LogP contribution is 2.31. The number of carbonyl (C=O) groups excluding carboxylic acids is 2. The molecule has 3 aromatic rings. The highest BCUT2D eigenvalue weighted by atomic mass is 35.5. The molecule has 0 spiro atoms. The van der Waals surface area contributed by atoms with Crippen molar-refractivity contribution in [2.45, 2.75) is 18.7 Å². The van der Waals surface area contributed by atoms with E-state index < -0.39 is 21.8 Å². The van der Waals surface area contributed by atoms with Gasteiger partial charge in [-0.15, -0.1) is 0 Å². The summed E-state index contributed by atoms with van der Waals surface area (Å²) in [5.41, 5.74) is 3.60. The minimum absolute atomic E-state index is 0.0372. The van der Waals surface area contributed by atoms with Gasteiger partial charge in [0.15, 0.2) is 0 Å². The topological polar surface area (TPSA) is 83.6 Å². The number of rotatable bonds is 4. The van der Waals surface area contributed by atoms with Crippen LogP contribution in [0, 0.1) is 6.92 Å². The normalized spacial score (nSPS) is 14.4. The minimum atomic E-state index is -3.93. The highest BCUT2D eigenvalue weighted by Gasteiger charge is 2.40. The molecule has 1 aliphatic rings. The quantitative estimate of drug-likeness (QED) is 0.617. The Morgan fingerprint density at radius 1 is 1.03 bits per heavy atom. The summed E-state index contributed by atoms with van der Waals surface area (Å²) in [7, 11) is -3.93. The van der Waals surface area contributed by atoms with Crippen molar-refractivity contribution in [3.63, 3.8) is 0 Å². The fourth-order valence-electron chi connectivity index (χ4n) is 3.58. The summed E-state index contributed by atoms with van der Waals surface area (Å²) >= 11 is 6.07. The number of amides is 2. The Morgan fingerprint density at radius 2 is 1.77 bits per heavy atom. The van der Waals surface area contributed by atoms with E-state index in [2.05, 4.69) is 5.32 Å². The number of halogens is 1. The second kappa shape index (κ2) is 7.83. The fraction of sp³-hybridized carbons (Fsp3) is 0.130. The molecule has 0 aliphatic carbocycles. The lowest BCUT2D eigenvalue weighted by Crippen LogP contribution is -2.29. The third-order valence-electron chi connectivity index (χ3n) is 5.19. The van der Waals surface area contributed by atoms with Crippen LogP contribution < -0.4 is 5.32 Å². The largest absolute Gasteiger partial charge is 0.322 e. The monoisotopic (exact) mass is 454 g/mol. The molecule has 0 saturated heterocycles. The number of hydrogen-bond acceptors (Lipinski definition) is 4. The Bertz CT molecular complexity index is 1340. The van der Waals surface area contributed by atoms with E-state index in [0.29, 0.717) is 10.7 Å². The first-order valence-electron chi connectivity index (χ1n) is 9.61. The molecule has 0 fully saturated rings. The molecule has 0 saturated carbocycles. The zero-order valence-corrected chi connectivity index (χ0v) is 18.4. The predicted octanol–water partition coefficient (Wildman–Crippen LogP) is 4.73. The van der Waals surface area contributed by atoms with Gasteiger partial charge in [-0.2, -0.15) is 0 Å². The molecular formula is C23H19ClN2O4S. The van der Waals surface area contributed by atoms with Gasteiger partial charge in [-0.25, -0.2) is 12.7 Å². The molecule has 1 N–H and O–H groups in total. The Morgan fingerprint density at radius 3 is 2.45 bits per heavy atom. The standard InChI is InChI=1S/C23H19ClN2O4S/c1-3-26-23(28)19-9-7-17(13-21(19)31(26,29)30)22(27)25-20-10-8-16(11-14(20)2)15-5-4-6-18(24)12-15/h4-13H,3H2,1-2H3,(H,25,27). The van der Waals surface area contributed by atoms with Crippen LogP contribution in [0.25, 0.3) is 11.1 Å². The second-order valence-electron chi connectivity index (χ2n) is 7.18. The molecular weight excluding hydrogens is 436 g/mol. The molecule has 3 aromatic carbocycles. The Kier molecular flexibility index (Phi) is 5.33. The maximum absolute atomic E-state index is 12.8. The van der Waals surface area contributed by atoms with Crippen molar-refractivity contribution in [2.24, 2.45) is 0 Å². The van der Waals surface area contributed by atoms with Crippen LogP contribution in [0.5, 0.6) is 0 Å². The number of anilines is 1. The number of nitrogens with one attached hydrogen (secondary N) is 1. The highest BCUT2D eigenvalue weighted by molar-refractivity contribution is 7.90. The van der Waals surface area contributed by atoms with E-state index in [1.807, 2.05) is 37.3 Å². The molecule has 0 atom stereocenters. The maximum Gasteiger partial charge on any atom is 0.268 e. The van der Waals surface area contributed by atoms with Crippen LogP contribution in [-0.2, 0) is 10.0 Å². The van der Waals surface area contributed by atoms with E-state index in [4.69, 9.17) is 11.6 Å². The summed E-state index contributed by atoms with van der Waals surface area (Å²) in [4.78, 5) is 24.9. The Labute approximate surface area is 185 Å².